The number of nitrogens with zero attached hydrogens (tertiary/aromatic N) is 1. The molecule has 0 aromatic heterocycles. The van der Waals surface area contributed by atoms with Gasteiger partial charge in [-0.3, -0.25) is 9.05 Å². The van der Waals surface area contributed by atoms with Gasteiger partial charge in [-0.1, -0.05) is 0 Å². The molecule has 0 spiro atoms. The lowest BCUT2D eigenvalue weighted by Gasteiger charge is -2.13. The third-order valence-corrected chi connectivity index (χ3v) is 1.68. The molecule has 76 valence electrons. The van der Waals surface area contributed by atoms with E-state index in [1.807, 2.05) is 0 Å². The van der Waals surface area contributed by atoms with Crippen LogP contribution in [0.4, 0.5) is 16.8 Å². The van der Waals surface area contributed by atoms with E-state index in [4.69, 9.17) is 5.26 Å². The molecule has 0 saturated heterocycles. The second kappa shape index (κ2) is 7.40. The molecule has 0 aromatic carbocycles. The molecule has 0 aliphatic rings. The zero-order valence-electron chi connectivity index (χ0n) is 6.16. The lowest BCUT2D eigenvalue weighted by molar-refractivity contribution is 0.000620. The highest BCUT2D eigenvalue weighted by Crippen LogP contribution is 2.47. The Labute approximate surface area is 74.8 Å². The van der Waals surface area contributed by atoms with E-state index in [2.05, 4.69) is 9.05 Å². The summed E-state index contributed by atoms with van der Waals surface area (Å²) < 4.78 is 53.9. The van der Waals surface area contributed by atoms with Crippen LogP contribution < -0.4 is 0 Å². The summed E-state index contributed by atoms with van der Waals surface area (Å²) in [5, 5.41) is 8.06. The Morgan fingerprint density at radius 1 is 1.15 bits per heavy atom. The minimum absolute atomic E-state index is 0.170. The predicted molar refractivity (Wildman–Crippen MR) is 39.1 cm³/mol. The van der Waals surface area contributed by atoms with Crippen molar-refractivity contribution in [1.82, 2.24) is 0 Å². The van der Waals surface area contributed by atoms with Crippen LogP contribution in [0.15, 0.2) is 0 Å². The van der Waals surface area contributed by atoms with Gasteiger partial charge in [-0.15, -0.1) is 0 Å². The lowest BCUT2D eigenvalue weighted by Crippen LogP contribution is -2.09. The summed E-state index contributed by atoms with van der Waals surface area (Å²) in [4.78, 5) is 0. The van der Waals surface area contributed by atoms with Crippen molar-refractivity contribution in [3.8, 4) is 6.07 Å². The van der Waals surface area contributed by atoms with Crippen molar-refractivity contribution in [2.45, 2.75) is 19.1 Å². The molecule has 0 amide bonds. The molecule has 0 heterocycles. The standard InChI is InChI=1S/C4H5F4NO2P2/c5-12(6)10-4(2-1-3-9)11-13(7)8/h4H,1-2H2. The van der Waals surface area contributed by atoms with E-state index in [-0.39, 0.29) is 12.8 Å². The van der Waals surface area contributed by atoms with Crippen LogP contribution >= 0.6 is 17.5 Å². The van der Waals surface area contributed by atoms with Gasteiger partial charge in [0, 0.05) is 12.8 Å². The van der Waals surface area contributed by atoms with Gasteiger partial charge in [-0.2, -0.15) is 22.0 Å². The minimum Gasteiger partial charge on any atom is -0.275 e. The molecule has 0 atom stereocenters. The molecular weight excluding hydrogens is 232 g/mol. The first-order valence-electron chi connectivity index (χ1n) is 3.00. The van der Waals surface area contributed by atoms with Crippen molar-refractivity contribution in [2.24, 2.45) is 0 Å². The van der Waals surface area contributed by atoms with Crippen molar-refractivity contribution in [3.63, 3.8) is 0 Å². The quantitative estimate of drug-likeness (QED) is 0.398. The Morgan fingerprint density at radius 2 is 1.62 bits per heavy atom. The molecular formula is C4H5F4NO2P2. The summed E-state index contributed by atoms with van der Waals surface area (Å²) in [6, 6.07) is 1.61. The van der Waals surface area contributed by atoms with E-state index in [1.165, 1.54) is 0 Å². The molecule has 0 N–H and O–H groups in total. The molecule has 3 nitrogen and oxygen atoms in total. The van der Waals surface area contributed by atoms with E-state index in [0.29, 0.717) is 0 Å². The van der Waals surface area contributed by atoms with E-state index in [0.717, 1.165) is 0 Å². The van der Waals surface area contributed by atoms with E-state index >= 15 is 0 Å². The van der Waals surface area contributed by atoms with Gasteiger partial charge in [-0.05, 0) is 0 Å². The molecule has 0 bridgehead atoms. The van der Waals surface area contributed by atoms with Gasteiger partial charge in [-0.25, -0.2) is 0 Å². The second-order valence-electron chi connectivity index (χ2n) is 1.74. The summed E-state index contributed by atoms with van der Waals surface area (Å²) >= 11 is 0. The molecule has 0 saturated carbocycles. The zero-order chi connectivity index (χ0) is 10.3. The molecule has 9 heteroatoms. The highest BCUT2D eigenvalue weighted by atomic mass is 31.2. The Balaban J connectivity index is 3.81. The SMILES string of the molecule is N#CCCC(OP(F)F)OP(F)F. The topological polar surface area (TPSA) is 42.2 Å². The lowest BCUT2D eigenvalue weighted by atomic mass is 10.3. The maximum absolute atomic E-state index is 11.6. The van der Waals surface area contributed by atoms with Crippen LogP contribution in [0.5, 0.6) is 0 Å². The number of halogens is 4. The Hall–Kier alpha value is -0.0100. The number of hydrogen-bond acceptors (Lipinski definition) is 3. The van der Waals surface area contributed by atoms with Crippen molar-refractivity contribution in [1.29, 1.82) is 5.26 Å². The van der Waals surface area contributed by atoms with Gasteiger partial charge in [0.2, 0.25) is 0 Å². The molecule has 0 aliphatic carbocycles. The van der Waals surface area contributed by atoms with Crippen LogP contribution in [0.1, 0.15) is 12.8 Å². The van der Waals surface area contributed by atoms with Crippen molar-refractivity contribution in [3.05, 3.63) is 0 Å². The predicted octanol–water partition coefficient (Wildman–Crippen LogP) is 3.98. The van der Waals surface area contributed by atoms with Gasteiger partial charge in [0.1, 0.15) is 0 Å². The summed E-state index contributed by atoms with van der Waals surface area (Å²) in [5.74, 6) is 0. The monoisotopic (exact) mass is 237 g/mol. The van der Waals surface area contributed by atoms with Crippen molar-refractivity contribution < 1.29 is 25.8 Å². The maximum Gasteiger partial charge on any atom is 0.417 e. The molecule has 0 radical (unpaired) electrons. The molecule has 0 fully saturated rings. The maximum atomic E-state index is 11.6. The van der Waals surface area contributed by atoms with Crippen LogP contribution in [0, 0.1) is 11.3 Å². The minimum atomic E-state index is -3.74. The normalized spacial score (nSPS) is 11.2. The number of hydrogen-bond donors (Lipinski definition) is 0. The Bertz CT molecular complexity index is 166. The first kappa shape index (κ1) is 13.0. The van der Waals surface area contributed by atoms with Gasteiger partial charge in [0.05, 0.1) is 6.07 Å². The third-order valence-electron chi connectivity index (χ3n) is 0.886. The molecule has 0 rings (SSSR count). The summed E-state index contributed by atoms with van der Waals surface area (Å²) in [6.07, 6.45) is -2.13. The molecule has 13 heavy (non-hydrogen) atoms. The van der Waals surface area contributed by atoms with Crippen LogP contribution in [-0.2, 0) is 9.05 Å². The van der Waals surface area contributed by atoms with Crippen LogP contribution in [0.3, 0.4) is 0 Å². The van der Waals surface area contributed by atoms with Crippen LogP contribution in [0.25, 0.3) is 0 Å². The fourth-order valence-corrected chi connectivity index (χ4v) is 1.21. The molecule has 0 unspecified atom stereocenters. The molecule has 0 aromatic rings. The highest BCUT2D eigenvalue weighted by Gasteiger charge is 2.21. The van der Waals surface area contributed by atoms with Crippen molar-refractivity contribution >= 4 is 17.5 Å². The second-order valence-corrected chi connectivity index (χ2v) is 2.97. The number of nitriles is 1. The van der Waals surface area contributed by atoms with Gasteiger partial charge in [0.15, 0.2) is 6.29 Å². The fraction of sp³-hybridized carbons (Fsp3) is 0.750. The van der Waals surface area contributed by atoms with Crippen LogP contribution in [-0.4, -0.2) is 6.29 Å². The van der Waals surface area contributed by atoms with Gasteiger partial charge >= 0.3 is 17.5 Å². The largest absolute Gasteiger partial charge is 0.417 e. The fourth-order valence-electron chi connectivity index (χ4n) is 0.485. The van der Waals surface area contributed by atoms with Gasteiger partial charge in [0.25, 0.3) is 0 Å². The number of rotatable bonds is 6. The summed E-state index contributed by atoms with van der Waals surface area (Å²) in [6.45, 7) is 0. The Morgan fingerprint density at radius 3 is 1.92 bits per heavy atom. The van der Waals surface area contributed by atoms with E-state index in [9.17, 15) is 16.8 Å². The van der Waals surface area contributed by atoms with Crippen molar-refractivity contribution in [2.75, 3.05) is 0 Å². The van der Waals surface area contributed by atoms with E-state index in [1.54, 1.807) is 6.07 Å². The Kier molecular flexibility index (Phi) is 7.39. The first-order chi connectivity index (χ1) is 6.06. The average Bonchev–Trinajstić information content (AvgIpc) is 1.98. The summed E-state index contributed by atoms with van der Waals surface area (Å²) in [5.41, 5.74) is 0. The average molecular weight is 237 g/mol. The van der Waals surface area contributed by atoms with Gasteiger partial charge < -0.3 is 0 Å². The summed E-state index contributed by atoms with van der Waals surface area (Å²) in [7, 11) is -7.49. The third kappa shape index (κ3) is 8.32. The highest BCUT2D eigenvalue weighted by molar-refractivity contribution is 7.41. The smallest absolute Gasteiger partial charge is 0.275 e. The first-order valence-corrected chi connectivity index (χ1v) is 5.08. The van der Waals surface area contributed by atoms with E-state index < -0.39 is 23.8 Å². The zero-order valence-corrected chi connectivity index (χ0v) is 7.95. The molecule has 0 aliphatic heterocycles. The van der Waals surface area contributed by atoms with Crippen LogP contribution in [0.2, 0.25) is 0 Å².